The predicted octanol–water partition coefficient (Wildman–Crippen LogP) is 5.06. The van der Waals surface area contributed by atoms with Gasteiger partial charge < -0.3 is 14.7 Å². The van der Waals surface area contributed by atoms with Crippen molar-refractivity contribution in [3.05, 3.63) is 51.7 Å². The van der Waals surface area contributed by atoms with Crippen LogP contribution in [-0.2, 0) is 19.1 Å². The average molecular weight is 429 g/mol. The second-order valence-corrected chi connectivity index (χ2v) is 7.61. The van der Waals surface area contributed by atoms with E-state index in [2.05, 4.69) is 20.0 Å². The molecule has 3 heterocycles. The first-order valence-electron chi connectivity index (χ1n) is 8.14. The molecule has 1 aliphatic heterocycles. The number of nitrogens with one attached hydrogen (secondary N) is 1. The highest BCUT2D eigenvalue weighted by Gasteiger charge is 2.38. The predicted molar refractivity (Wildman–Crippen MR) is 97.2 cm³/mol. The fourth-order valence-electron chi connectivity index (χ4n) is 2.81. The Kier molecular flexibility index (Phi) is 4.76. The second kappa shape index (κ2) is 7.10. The van der Waals surface area contributed by atoms with Crippen LogP contribution in [0.3, 0.4) is 0 Å². The molecule has 0 spiro atoms. The largest absolute Gasteiger partial charge is 0.471 e. The number of carbonyl (C=O) groups excluding carboxylic acids is 1. The molecule has 0 fully saturated rings. The molecule has 146 valence electrons. The SMILES string of the molecule is O=C(Nc1ccccc1Cl)N1CCc2sc(-c3noc(C(F)(F)F)n3)cc2C1. The van der Waals surface area contributed by atoms with Crippen molar-refractivity contribution in [3.63, 3.8) is 0 Å². The van der Waals surface area contributed by atoms with E-state index in [1.807, 2.05) is 0 Å². The molecule has 0 bridgehead atoms. The standard InChI is InChI=1S/C17H12ClF3N4O2S/c18-10-3-1-2-4-11(10)22-16(26)25-6-5-12-9(8-25)7-13(28-12)14-23-15(27-24-14)17(19,20)21/h1-4,7H,5-6,8H2,(H,22,26). The van der Waals surface area contributed by atoms with Crippen LogP contribution in [0.5, 0.6) is 0 Å². The van der Waals surface area contributed by atoms with E-state index in [4.69, 9.17) is 11.6 Å². The minimum atomic E-state index is -4.68. The van der Waals surface area contributed by atoms with E-state index in [1.165, 1.54) is 11.3 Å². The van der Waals surface area contributed by atoms with Crippen molar-refractivity contribution in [2.45, 2.75) is 19.1 Å². The lowest BCUT2D eigenvalue weighted by Crippen LogP contribution is -2.38. The summed E-state index contributed by atoms with van der Waals surface area (Å²) >= 11 is 7.36. The zero-order valence-electron chi connectivity index (χ0n) is 14.1. The number of fused-ring (bicyclic) bond motifs is 1. The van der Waals surface area contributed by atoms with E-state index in [1.54, 1.807) is 35.2 Å². The van der Waals surface area contributed by atoms with Crippen molar-refractivity contribution in [3.8, 4) is 10.7 Å². The van der Waals surface area contributed by atoms with Crippen molar-refractivity contribution >= 4 is 34.7 Å². The third-order valence-corrected chi connectivity index (χ3v) is 5.72. The quantitative estimate of drug-likeness (QED) is 0.619. The lowest BCUT2D eigenvalue weighted by atomic mass is 10.1. The van der Waals surface area contributed by atoms with Gasteiger partial charge in [-0.1, -0.05) is 28.9 Å². The Morgan fingerprint density at radius 1 is 1.32 bits per heavy atom. The zero-order chi connectivity index (χ0) is 19.9. The molecule has 28 heavy (non-hydrogen) atoms. The van der Waals surface area contributed by atoms with E-state index >= 15 is 0 Å². The molecule has 0 saturated carbocycles. The van der Waals surface area contributed by atoms with Gasteiger partial charge in [0.2, 0.25) is 5.82 Å². The molecule has 0 radical (unpaired) electrons. The summed E-state index contributed by atoms with van der Waals surface area (Å²) in [5.41, 5.74) is 1.36. The molecule has 1 N–H and O–H groups in total. The number of anilines is 1. The number of carbonyl (C=O) groups is 1. The Morgan fingerprint density at radius 3 is 2.82 bits per heavy atom. The normalized spacial score (nSPS) is 14.1. The Labute approximate surface area is 165 Å². The highest BCUT2D eigenvalue weighted by molar-refractivity contribution is 7.15. The van der Waals surface area contributed by atoms with Gasteiger partial charge in [-0.25, -0.2) is 4.79 Å². The Hall–Kier alpha value is -2.59. The van der Waals surface area contributed by atoms with Crippen LogP contribution >= 0.6 is 22.9 Å². The molecule has 6 nitrogen and oxygen atoms in total. The lowest BCUT2D eigenvalue weighted by Gasteiger charge is -2.27. The van der Waals surface area contributed by atoms with Gasteiger partial charge >= 0.3 is 18.1 Å². The van der Waals surface area contributed by atoms with Gasteiger partial charge in [0.1, 0.15) is 0 Å². The van der Waals surface area contributed by atoms with Gasteiger partial charge in [0.05, 0.1) is 15.6 Å². The number of benzene rings is 1. The summed E-state index contributed by atoms with van der Waals surface area (Å²) < 4.78 is 42.2. The highest BCUT2D eigenvalue weighted by atomic mass is 35.5. The van der Waals surface area contributed by atoms with Crippen molar-refractivity contribution in [1.82, 2.24) is 15.0 Å². The molecular formula is C17H12ClF3N4O2S. The number of rotatable bonds is 2. The summed E-state index contributed by atoms with van der Waals surface area (Å²) in [6.07, 6.45) is -4.10. The Bertz CT molecular complexity index is 1030. The molecule has 0 aliphatic carbocycles. The lowest BCUT2D eigenvalue weighted by molar-refractivity contribution is -0.159. The first-order chi connectivity index (χ1) is 13.3. The monoisotopic (exact) mass is 428 g/mol. The van der Waals surface area contributed by atoms with Crippen LogP contribution in [0.1, 0.15) is 16.3 Å². The summed E-state index contributed by atoms with van der Waals surface area (Å²) in [6.45, 7) is 0.801. The number of thiophene rings is 1. The minimum Gasteiger partial charge on any atom is -0.329 e. The second-order valence-electron chi connectivity index (χ2n) is 6.06. The number of amides is 2. The van der Waals surface area contributed by atoms with Crippen LogP contribution in [0, 0.1) is 0 Å². The summed E-state index contributed by atoms with van der Waals surface area (Å²) in [4.78, 5) is 19.0. The van der Waals surface area contributed by atoms with Crippen LogP contribution in [0.4, 0.5) is 23.7 Å². The molecule has 0 unspecified atom stereocenters. The third-order valence-electron chi connectivity index (χ3n) is 4.16. The summed E-state index contributed by atoms with van der Waals surface area (Å²) in [5.74, 6) is -1.49. The number of alkyl halides is 3. The molecule has 4 rings (SSSR count). The van der Waals surface area contributed by atoms with Gasteiger partial charge in [-0.3, -0.25) is 0 Å². The molecule has 1 aromatic carbocycles. The summed E-state index contributed by atoms with van der Waals surface area (Å²) in [7, 11) is 0. The number of urea groups is 1. The van der Waals surface area contributed by atoms with Gasteiger partial charge in [-0.2, -0.15) is 18.2 Å². The van der Waals surface area contributed by atoms with Crippen molar-refractivity contribution in [1.29, 1.82) is 0 Å². The topological polar surface area (TPSA) is 71.3 Å². The van der Waals surface area contributed by atoms with Crippen LogP contribution < -0.4 is 5.32 Å². The number of nitrogens with zero attached hydrogens (tertiary/aromatic N) is 3. The molecule has 0 atom stereocenters. The Balaban J connectivity index is 1.49. The van der Waals surface area contributed by atoms with Crippen molar-refractivity contribution < 1.29 is 22.5 Å². The number of halogens is 4. The van der Waals surface area contributed by atoms with Crippen LogP contribution in [0.2, 0.25) is 5.02 Å². The molecule has 2 amide bonds. The zero-order valence-corrected chi connectivity index (χ0v) is 15.7. The Morgan fingerprint density at radius 2 is 2.11 bits per heavy atom. The highest BCUT2D eigenvalue weighted by Crippen LogP contribution is 2.35. The van der Waals surface area contributed by atoms with E-state index in [0.29, 0.717) is 35.1 Å². The van der Waals surface area contributed by atoms with Gasteiger partial charge in [0.25, 0.3) is 0 Å². The van der Waals surface area contributed by atoms with E-state index < -0.39 is 12.1 Å². The first-order valence-corrected chi connectivity index (χ1v) is 9.34. The maximum absolute atomic E-state index is 12.6. The van der Waals surface area contributed by atoms with Gasteiger partial charge in [-0.05, 0) is 30.2 Å². The third kappa shape index (κ3) is 3.69. The molecule has 2 aromatic heterocycles. The van der Waals surface area contributed by atoms with Crippen LogP contribution in [-0.4, -0.2) is 27.6 Å². The maximum atomic E-state index is 12.6. The fourth-order valence-corrected chi connectivity index (χ4v) is 4.08. The summed E-state index contributed by atoms with van der Waals surface area (Å²) in [6, 6.07) is 8.30. The number of aromatic nitrogens is 2. The molecule has 1 aliphatic rings. The van der Waals surface area contributed by atoms with Gasteiger partial charge in [0, 0.05) is 18.0 Å². The van der Waals surface area contributed by atoms with E-state index in [9.17, 15) is 18.0 Å². The number of para-hydroxylation sites is 1. The smallest absolute Gasteiger partial charge is 0.329 e. The van der Waals surface area contributed by atoms with Crippen LogP contribution in [0.15, 0.2) is 34.9 Å². The minimum absolute atomic E-state index is 0.112. The molecule has 3 aromatic rings. The molecule has 11 heteroatoms. The van der Waals surface area contributed by atoms with Gasteiger partial charge in [0.15, 0.2) is 0 Å². The van der Waals surface area contributed by atoms with E-state index in [-0.39, 0.29) is 11.9 Å². The average Bonchev–Trinajstić information content (AvgIpc) is 3.29. The van der Waals surface area contributed by atoms with Crippen molar-refractivity contribution in [2.24, 2.45) is 0 Å². The fraction of sp³-hybridized carbons (Fsp3) is 0.235. The summed E-state index contributed by atoms with van der Waals surface area (Å²) in [5, 5.41) is 6.61. The van der Waals surface area contributed by atoms with E-state index in [0.717, 1.165) is 10.4 Å². The molecule has 0 saturated heterocycles. The van der Waals surface area contributed by atoms with Crippen molar-refractivity contribution in [2.75, 3.05) is 11.9 Å². The molecular weight excluding hydrogens is 417 g/mol. The first kappa shape index (κ1) is 18.8. The maximum Gasteiger partial charge on any atom is 0.471 e. The number of hydrogen-bond donors (Lipinski definition) is 1. The van der Waals surface area contributed by atoms with Gasteiger partial charge in [-0.15, -0.1) is 11.3 Å². The van der Waals surface area contributed by atoms with Crippen LogP contribution in [0.25, 0.3) is 10.7 Å². The number of hydrogen-bond acceptors (Lipinski definition) is 5.